The third-order valence-corrected chi connectivity index (χ3v) is 6.49. The number of benzene rings is 3. The summed E-state index contributed by atoms with van der Waals surface area (Å²) in [6, 6.07) is 24.8. The fourth-order valence-electron chi connectivity index (χ4n) is 5.01. The molecule has 0 spiro atoms. The highest BCUT2D eigenvalue weighted by Gasteiger charge is 2.41. The lowest BCUT2D eigenvalue weighted by atomic mass is 9.69. The van der Waals surface area contributed by atoms with Gasteiger partial charge in [-0.1, -0.05) is 44.2 Å². The smallest absolute Gasteiger partial charge is 0.131 e. The molecule has 1 aliphatic heterocycles. The van der Waals surface area contributed by atoms with Crippen molar-refractivity contribution in [2.75, 3.05) is 13.7 Å². The molecule has 2 aliphatic rings. The zero-order chi connectivity index (χ0) is 23.7. The van der Waals surface area contributed by atoms with Crippen molar-refractivity contribution in [3.05, 3.63) is 95.3 Å². The van der Waals surface area contributed by atoms with Gasteiger partial charge in [-0.25, -0.2) is 0 Å². The summed E-state index contributed by atoms with van der Waals surface area (Å²) in [7, 11) is 1.70. The van der Waals surface area contributed by atoms with Crippen LogP contribution in [-0.4, -0.2) is 19.4 Å². The fraction of sp³-hybridized carbons (Fsp3) is 0.300. The molecule has 174 valence electrons. The van der Waals surface area contributed by atoms with Crippen LogP contribution in [0, 0.1) is 5.41 Å². The first-order valence-electron chi connectivity index (χ1n) is 11.9. The molecule has 1 atom stereocenters. The molecule has 34 heavy (non-hydrogen) atoms. The zero-order valence-corrected chi connectivity index (χ0v) is 20.3. The van der Waals surface area contributed by atoms with E-state index in [9.17, 15) is 0 Å². The Labute approximate surface area is 201 Å². The van der Waals surface area contributed by atoms with E-state index in [2.05, 4.69) is 50.2 Å². The first-order chi connectivity index (χ1) is 16.5. The van der Waals surface area contributed by atoms with Crippen molar-refractivity contribution in [3.8, 4) is 17.2 Å². The molecule has 1 aliphatic carbocycles. The number of hydrogen-bond donors (Lipinski definition) is 0. The van der Waals surface area contributed by atoms with Crippen LogP contribution < -0.4 is 14.2 Å². The van der Waals surface area contributed by atoms with E-state index in [1.807, 2.05) is 43.3 Å². The second kappa shape index (κ2) is 9.02. The molecule has 0 aromatic heterocycles. The summed E-state index contributed by atoms with van der Waals surface area (Å²) in [4.78, 5) is 5.18. The maximum atomic E-state index is 6.56. The topological polar surface area (TPSA) is 40.0 Å². The Kier molecular flexibility index (Phi) is 5.91. The van der Waals surface area contributed by atoms with Crippen LogP contribution >= 0.6 is 0 Å². The highest BCUT2D eigenvalue weighted by Crippen LogP contribution is 2.51. The highest BCUT2D eigenvalue weighted by atomic mass is 16.5. The SMILES string of the molecule is CCOc1ccc(N=C2CC(C)(C)CC3=C2[C@@H](c2ccccc2)c2cc(OC)ccc2O3)cc1. The Morgan fingerprint density at radius 3 is 2.38 bits per heavy atom. The van der Waals surface area contributed by atoms with Crippen molar-refractivity contribution in [2.24, 2.45) is 10.4 Å². The minimum Gasteiger partial charge on any atom is -0.497 e. The molecule has 0 amide bonds. The average molecular weight is 454 g/mol. The van der Waals surface area contributed by atoms with Crippen LogP contribution in [0.4, 0.5) is 5.69 Å². The third-order valence-electron chi connectivity index (χ3n) is 6.49. The lowest BCUT2D eigenvalue weighted by Crippen LogP contribution is -2.33. The molecule has 0 fully saturated rings. The van der Waals surface area contributed by atoms with Gasteiger partial charge in [-0.2, -0.15) is 0 Å². The van der Waals surface area contributed by atoms with Crippen molar-refractivity contribution in [3.63, 3.8) is 0 Å². The predicted octanol–water partition coefficient (Wildman–Crippen LogP) is 7.47. The number of hydrogen-bond acceptors (Lipinski definition) is 4. The Balaban J connectivity index is 1.67. The van der Waals surface area contributed by atoms with Crippen LogP contribution in [-0.2, 0) is 0 Å². The molecule has 0 saturated heterocycles. The molecular weight excluding hydrogens is 422 g/mol. The van der Waals surface area contributed by atoms with E-state index < -0.39 is 0 Å². The number of fused-ring (bicyclic) bond motifs is 1. The van der Waals surface area contributed by atoms with Gasteiger partial charge < -0.3 is 14.2 Å². The average Bonchev–Trinajstić information content (AvgIpc) is 2.83. The Morgan fingerprint density at radius 2 is 1.68 bits per heavy atom. The van der Waals surface area contributed by atoms with Crippen molar-refractivity contribution in [1.29, 1.82) is 0 Å². The molecule has 3 aromatic carbocycles. The molecule has 3 aromatic rings. The third kappa shape index (κ3) is 4.33. The van der Waals surface area contributed by atoms with Gasteiger partial charge in [0.05, 0.1) is 19.4 Å². The van der Waals surface area contributed by atoms with Crippen LogP contribution in [0.2, 0.25) is 0 Å². The van der Waals surface area contributed by atoms with Crippen LogP contribution in [0.15, 0.2) is 89.1 Å². The molecule has 4 nitrogen and oxygen atoms in total. The van der Waals surface area contributed by atoms with Gasteiger partial charge in [0.2, 0.25) is 0 Å². The van der Waals surface area contributed by atoms with Gasteiger partial charge in [0.25, 0.3) is 0 Å². The normalized spacial score (nSPS) is 19.8. The lowest BCUT2D eigenvalue weighted by Gasteiger charge is -2.40. The molecule has 0 bridgehead atoms. The van der Waals surface area contributed by atoms with Gasteiger partial charge in [0.1, 0.15) is 23.0 Å². The Morgan fingerprint density at radius 1 is 0.941 bits per heavy atom. The molecule has 0 radical (unpaired) electrons. The summed E-state index contributed by atoms with van der Waals surface area (Å²) in [6.45, 7) is 7.22. The summed E-state index contributed by atoms with van der Waals surface area (Å²) in [5.41, 5.74) is 5.58. The standard InChI is InChI=1S/C30H31NO3/c1-5-33-22-13-11-21(12-14-22)31-25-18-30(2,3)19-27-29(25)28(20-9-7-6-8-10-20)24-17-23(32-4)15-16-26(24)34-27/h6-17,28H,5,18-19H2,1-4H3/t28-/m0/s1. The minimum atomic E-state index is 0.0348. The maximum absolute atomic E-state index is 6.56. The Hall–Kier alpha value is -3.53. The summed E-state index contributed by atoms with van der Waals surface area (Å²) < 4.78 is 17.8. The molecule has 1 heterocycles. The van der Waals surface area contributed by atoms with Gasteiger partial charge in [-0.3, -0.25) is 4.99 Å². The minimum absolute atomic E-state index is 0.0348. The monoisotopic (exact) mass is 453 g/mol. The van der Waals surface area contributed by atoms with E-state index >= 15 is 0 Å². The molecule has 4 heteroatoms. The van der Waals surface area contributed by atoms with Crippen LogP contribution in [0.25, 0.3) is 0 Å². The van der Waals surface area contributed by atoms with E-state index in [0.717, 1.165) is 52.8 Å². The number of rotatable bonds is 5. The van der Waals surface area contributed by atoms with E-state index in [0.29, 0.717) is 6.61 Å². The van der Waals surface area contributed by atoms with Crippen molar-refractivity contribution in [1.82, 2.24) is 0 Å². The number of allylic oxidation sites excluding steroid dienone is 2. The summed E-state index contributed by atoms with van der Waals surface area (Å²) in [6.07, 6.45) is 1.75. The molecular formula is C30H31NO3. The highest BCUT2D eigenvalue weighted by molar-refractivity contribution is 6.05. The van der Waals surface area contributed by atoms with Crippen molar-refractivity contribution in [2.45, 2.75) is 39.5 Å². The van der Waals surface area contributed by atoms with Crippen molar-refractivity contribution >= 4 is 11.4 Å². The van der Waals surface area contributed by atoms with E-state index in [1.165, 1.54) is 11.1 Å². The summed E-state index contributed by atoms with van der Waals surface area (Å²) in [5, 5.41) is 0. The van der Waals surface area contributed by atoms with Gasteiger partial charge >= 0.3 is 0 Å². The summed E-state index contributed by atoms with van der Waals surface area (Å²) >= 11 is 0. The van der Waals surface area contributed by atoms with Crippen LogP contribution in [0.3, 0.4) is 0 Å². The number of ether oxygens (including phenoxy) is 3. The molecule has 0 saturated carbocycles. The van der Waals surface area contributed by atoms with Gasteiger partial charge in [0, 0.05) is 29.2 Å². The predicted molar refractivity (Wildman–Crippen MR) is 137 cm³/mol. The second-order valence-corrected chi connectivity index (χ2v) is 9.69. The molecule has 0 N–H and O–H groups in total. The largest absolute Gasteiger partial charge is 0.497 e. The Bertz CT molecular complexity index is 1240. The maximum Gasteiger partial charge on any atom is 0.131 e. The fourth-order valence-corrected chi connectivity index (χ4v) is 5.01. The van der Waals surface area contributed by atoms with Crippen molar-refractivity contribution < 1.29 is 14.2 Å². The number of methoxy groups -OCH3 is 1. The number of aliphatic imine (C=N–C) groups is 1. The first-order valence-corrected chi connectivity index (χ1v) is 11.9. The second-order valence-electron chi connectivity index (χ2n) is 9.69. The summed E-state index contributed by atoms with van der Waals surface area (Å²) in [5.74, 6) is 3.64. The van der Waals surface area contributed by atoms with Gasteiger partial charge in [-0.15, -0.1) is 0 Å². The lowest BCUT2D eigenvalue weighted by molar-refractivity contribution is 0.278. The van der Waals surface area contributed by atoms with E-state index in [1.54, 1.807) is 7.11 Å². The number of nitrogens with zero attached hydrogens (tertiary/aromatic N) is 1. The van der Waals surface area contributed by atoms with E-state index in [-0.39, 0.29) is 11.3 Å². The van der Waals surface area contributed by atoms with Crippen LogP contribution in [0.5, 0.6) is 17.2 Å². The quantitative estimate of drug-likeness (QED) is 0.402. The molecule has 5 rings (SSSR count). The van der Waals surface area contributed by atoms with E-state index in [4.69, 9.17) is 19.2 Å². The van der Waals surface area contributed by atoms with Gasteiger partial charge in [0.15, 0.2) is 0 Å². The first kappa shape index (κ1) is 22.3. The zero-order valence-electron chi connectivity index (χ0n) is 20.3. The van der Waals surface area contributed by atoms with Gasteiger partial charge in [-0.05, 0) is 66.8 Å². The van der Waals surface area contributed by atoms with Crippen LogP contribution in [0.1, 0.15) is 50.7 Å². The molecule has 0 unspecified atom stereocenters.